The Hall–Kier alpha value is -4.42. The number of pyridine rings is 1. The number of nitrogens with two attached hydrogens (primary N) is 1. The third-order valence-corrected chi connectivity index (χ3v) is 6.20. The van der Waals surface area contributed by atoms with Crippen LogP contribution in [0.3, 0.4) is 0 Å². The number of aromatic amines is 1. The summed E-state index contributed by atoms with van der Waals surface area (Å²) in [6, 6.07) is 28.7. The number of fused-ring (bicyclic) bond motifs is 1. The number of rotatable bonds is 7. The summed E-state index contributed by atoms with van der Waals surface area (Å²) in [7, 11) is 1.60. The summed E-state index contributed by atoms with van der Waals surface area (Å²) in [6.45, 7) is 0. The SMILES string of the molecule is COc1ncc(-c2ccc(NC(=O)C(N)C(c3ccccc3)c3ccccc3)cc2)c2cc[nH]c12. The van der Waals surface area contributed by atoms with Crippen LogP contribution in [0.15, 0.2) is 103 Å². The van der Waals surface area contributed by atoms with E-state index in [4.69, 9.17) is 10.5 Å². The minimum Gasteiger partial charge on any atom is -0.479 e. The van der Waals surface area contributed by atoms with Crippen molar-refractivity contribution in [2.24, 2.45) is 5.73 Å². The van der Waals surface area contributed by atoms with Gasteiger partial charge in [0.25, 0.3) is 0 Å². The highest BCUT2D eigenvalue weighted by molar-refractivity contribution is 5.98. The summed E-state index contributed by atoms with van der Waals surface area (Å²) in [4.78, 5) is 20.8. The van der Waals surface area contributed by atoms with Crippen molar-refractivity contribution in [3.8, 4) is 17.0 Å². The first-order valence-electron chi connectivity index (χ1n) is 11.4. The molecule has 0 saturated carbocycles. The van der Waals surface area contributed by atoms with Gasteiger partial charge in [-0.05, 0) is 34.9 Å². The third-order valence-electron chi connectivity index (χ3n) is 6.20. The van der Waals surface area contributed by atoms with Gasteiger partial charge in [-0.3, -0.25) is 4.79 Å². The number of carbonyl (C=O) groups excluding carboxylic acids is 1. The summed E-state index contributed by atoms with van der Waals surface area (Å²) in [5.74, 6) is 0.0523. The predicted molar refractivity (Wildman–Crippen MR) is 139 cm³/mol. The van der Waals surface area contributed by atoms with Crippen LogP contribution in [0.25, 0.3) is 22.0 Å². The van der Waals surface area contributed by atoms with Gasteiger partial charge in [-0.25, -0.2) is 4.98 Å². The van der Waals surface area contributed by atoms with Crippen molar-refractivity contribution in [1.29, 1.82) is 0 Å². The van der Waals surface area contributed by atoms with Gasteiger partial charge in [-0.1, -0.05) is 72.8 Å². The van der Waals surface area contributed by atoms with E-state index in [0.29, 0.717) is 11.6 Å². The summed E-state index contributed by atoms with van der Waals surface area (Å²) < 4.78 is 5.34. The van der Waals surface area contributed by atoms with Gasteiger partial charge in [-0.15, -0.1) is 0 Å². The number of ether oxygens (including phenoxy) is 1. The number of H-pyrrole nitrogens is 1. The molecule has 6 heteroatoms. The van der Waals surface area contributed by atoms with Crippen LogP contribution in [0.2, 0.25) is 0 Å². The molecule has 0 bridgehead atoms. The number of anilines is 1. The lowest BCUT2D eigenvalue weighted by atomic mass is 9.85. The maximum absolute atomic E-state index is 13.2. The maximum Gasteiger partial charge on any atom is 0.242 e. The van der Waals surface area contributed by atoms with Crippen molar-refractivity contribution in [3.63, 3.8) is 0 Å². The molecule has 0 spiro atoms. The molecular formula is C29H26N4O2. The van der Waals surface area contributed by atoms with Crippen molar-refractivity contribution in [2.75, 3.05) is 12.4 Å². The highest BCUT2D eigenvalue weighted by atomic mass is 16.5. The van der Waals surface area contributed by atoms with Crippen molar-refractivity contribution in [2.45, 2.75) is 12.0 Å². The lowest BCUT2D eigenvalue weighted by Crippen LogP contribution is -2.41. The fraction of sp³-hybridized carbons (Fsp3) is 0.103. The number of hydrogen-bond acceptors (Lipinski definition) is 4. The lowest BCUT2D eigenvalue weighted by Gasteiger charge is -2.24. The molecule has 0 aliphatic carbocycles. The van der Waals surface area contributed by atoms with Gasteiger partial charge in [0.05, 0.1) is 13.2 Å². The molecular weight excluding hydrogens is 436 g/mol. The Morgan fingerprint density at radius 1 is 0.914 bits per heavy atom. The van der Waals surface area contributed by atoms with Crippen LogP contribution in [0, 0.1) is 0 Å². The second-order valence-electron chi connectivity index (χ2n) is 8.34. The molecule has 6 nitrogen and oxygen atoms in total. The molecule has 0 radical (unpaired) electrons. The molecule has 5 rings (SSSR count). The number of carbonyl (C=O) groups is 1. The molecule has 0 aliphatic heterocycles. The largest absolute Gasteiger partial charge is 0.479 e. The number of nitrogens with zero attached hydrogens (tertiary/aromatic N) is 1. The number of amides is 1. The zero-order valence-corrected chi connectivity index (χ0v) is 19.3. The molecule has 2 aromatic heterocycles. The van der Waals surface area contributed by atoms with E-state index in [1.165, 1.54) is 0 Å². The molecule has 1 atom stereocenters. The quantitative estimate of drug-likeness (QED) is 0.305. The van der Waals surface area contributed by atoms with Crippen LogP contribution in [-0.4, -0.2) is 29.0 Å². The average molecular weight is 463 g/mol. The second-order valence-corrected chi connectivity index (χ2v) is 8.34. The lowest BCUT2D eigenvalue weighted by molar-refractivity contribution is -0.117. The Morgan fingerprint density at radius 2 is 1.54 bits per heavy atom. The van der Waals surface area contributed by atoms with Crippen molar-refractivity contribution in [3.05, 3.63) is 115 Å². The van der Waals surface area contributed by atoms with Crippen molar-refractivity contribution in [1.82, 2.24) is 9.97 Å². The van der Waals surface area contributed by atoms with Crippen molar-refractivity contribution < 1.29 is 9.53 Å². The molecule has 174 valence electrons. The fourth-order valence-electron chi connectivity index (χ4n) is 4.45. The van der Waals surface area contributed by atoms with E-state index in [1.54, 1.807) is 13.3 Å². The molecule has 1 unspecified atom stereocenters. The first-order valence-corrected chi connectivity index (χ1v) is 11.4. The maximum atomic E-state index is 13.2. The minimum atomic E-state index is -0.759. The van der Waals surface area contributed by atoms with Gasteiger partial charge in [0.2, 0.25) is 11.8 Å². The topological polar surface area (TPSA) is 93.0 Å². The molecule has 5 aromatic rings. The van der Waals surface area contributed by atoms with Gasteiger partial charge < -0.3 is 20.8 Å². The first-order chi connectivity index (χ1) is 17.2. The third kappa shape index (κ3) is 4.52. The van der Waals surface area contributed by atoms with E-state index in [2.05, 4.69) is 15.3 Å². The molecule has 3 aromatic carbocycles. The van der Waals surface area contributed by atoms with Gasteiger partial charge in [0, 0.05) is 34.9 Å². The number of hydrogen-bond donors (Lipinski definition) is 3. The van der Waals surface area contributed by atoms with Crippen LogP contribution in [-0.2, 0) is 4.79 Å². The normalized spacial score (nSPS) is 12.0. The molecule has 0 fully saturated rings. The van der Waals surface area contributed by atoms with E-state index in [1.807, 2.05) is 97.2 Å². The summed E-state index contributed by atoms with van der Waals surface area (Å²) in [5.41, 5.74) is 12.0. The highest BCUT2D eigenvalue weighted by Crippen LogP contribution is 2.33. The molecule has 2 heterocycles. The number of benzene rings is 3. The molecule has 0 saturated heterocycles. The zero-order valence-electron chi connectivity index (χ0n) is 19.3. The van der Waals surface area contributed by atoms with E-state index in [-0.39, 0.29) is 11.8 Å². The van der Waals surface area contributed by atoms with E-state index < -0.39 is 6.04 Å². The van der Waals surface area contributed by atoms with Crippen LogP contribution in [0.5, 0.6) is 5.88 Å². The molecule has 1 amide bonds. The highest BCUT2D eigenvalue weighted by Gasteiger charge is 2.27. The second kappa shape index (κ2) is 9.83. The fourth-order valence-corrected chi connectivity index (χ4v) is 4.45. The predicted octanol–water partition coefficient (Wildman–Crippen LogP) is 5.34. The minimum absolute atomic E-state index is 0.241. The van der Waals surface area contributed by atoms with Gasteiger partial charge in [0.15, 0.2) is 0 Å². The standard InChI is InChI=1S/C29H26N4O2/c1-35-29-27-23(16-17-31-27)24(18-32-29)19-12-14-22(15-13-19)33-28(34)26(30)25(20-8-4-2-5-9-20)21-10-6-3-7-11-21/h2-18,25-26,31H,30H2,1H3,(H,33,34). The van der Waals surface area contributed by atoms with E-state index in [9.17, 15) is 4.79 Å². The van der Waals surface area contributed by atoms with Gasteiger partial charge >= 0.3 is 0 Å². The van der Waals surface area contributed by atoms with Crippen LogP contribution in [0.1, 0.15) is 17.0 Å². The Balaban J connectivity index is 1.38. The molecule has 4 N–H and O–H groups in total. The summed E-state index contributed by atoms with van der Waals surface area (Å²) in [5, 5.41) is 4.00. The molecule has 35 heavy (non-hydrogen) atoms. The monoisotopic (exact) mass is 462 g/mol. The van der Waals surface area contributed by atoms with Gasteiger partial charge in [0.1, 0.15) is 5.52 Å². The van der Waals surface area contributed by atoms with Crippen LogP contribution in [0.4, 0.5) is 5.69 Å². The Kier molecular flexibility index (Phi) is 6.28. The molecule has 0 aliphatic rings. The Bertz CT molecular complexity index is 1390. The first kappa shape index (κ1) is 22.4. The number of nitrogens with one attached hydrogen (secondary N) is 2. The van der Waals surface area contributed by atoms with E-state index >= 15 is 0 Å². The Labute approximate surface area is 203 Å². The van der Waals surface area contributed by atoms with Crippen molar-refractivity contribution >= 4 is 22.5 Å². The zero-order chi connectivity index (χ0) is 24.2. The summed E-state index contributed by atoms with van der Waals surface area (Å²) in [6.07, 6.45) is 3.66. The van der Waals surface area contributed by atoms with Gasteiger partial charge in [-0.2, -0.15) is 0 Å². The van der Waals surface area contributed by atoms with Crippen LogP contribution < -0.4 is 15.8 Å². The summed E-state index contributed by atoms with van der Waals surface area (Å²) >= 11 is 0. The average Bonchev–Trinajstić information content (AvgIpc) is 3.40. The number of aromatic nitrogens is 2. The van der Waals surface area contributed by atoms with Crippen LogP contribution >= 0.6 is 0 Å². The van der Waals surface area contributed by atoms with E-state index in [0.717, 1.165) is 33.2 Å². The smallest absolute Gasteiger partial charge is 0.242 e. The Morgan fingerprint density at radius 3 is 2.14 bits per heavy atom. The number of methoxy groups -OCH3 is 1.